The van der Waals surface area contributed by atoms with Gasteiger partial charge < -0.3 is 15.4 Å². The van der Waals surface area contributed by atoms with Crippen LogP contribution in [0.4, 0.5) is 0 Å². The van der Waals surface area contributed by atoms with Crippen LogP contribution in [0, 0.1) is 17.8 Å². The third-order valence-corrected chi connectivity index (χ3v) is 4.24. The number of hydrogen-bond donors (Lipinski definition) is 2. The van der Waals surface area contributed by atoms with Crippen LogP contribution in [0.5, 0.6) is 0 Å². The molecule has 0 aliphatic heterocycles. The van der Waals surface area contributed by atoms with Gasteiger partial charge in [-0.05, 0) is 37.5 Å². The minimum atomic E-state index is -0.464. The third kappa shape index (κ3) is 6.04. The molecular formula is C16H30N2O3. The zero-order valence-corrected chi connectivity index (χ0v) is 13.8. The van der Waals surface area contributed by atoms with E-state index < -0.39 is 6.04 Å². The molecule has 1 atom stereocenters. The van der Waals surface area contributed by atoms with E-state index in [1.165, 1.54) is 0 Å². The van der Waals surface area contributed by atoms with Gasteiger partial charge in [0.05, 0.1) is 6.61 Å². The summed E-state index contributed by atoms with van der Waals surface area (Å²) in [6.45, 7) is 7.07. The second-order valence-corrected chi connectivity index (χ2v) is 6.47. The summed E-state index contributed by atoms with van der Waals surface area (Å²) < 4.78 is 4.92. The molecule has 0 heterocycles. The molecule has 0 saturated heterocycles. The Labute approximate surface area is 128 Å². The lowest BCUT2D eigenvalue weighted by atomic mass is 9.82. The van der Waals surface area contributed by atoms with Crippen molar-refractivity contribution in [3.8, 4) is 0 Å². The fourth-order valence-corrected chi connectivity index (χ4v) is 2.71. The Hall–Kier alpha value is -1.10. The fourth-order valence-electron chi connectivity index (χ4n) is 2.71. The van der Waals surface area contributed by atoms with Gasteiger partial charge in [-0.3, -0.25) is 9.59 Å². The van der Waals surface area contributed by atoms with Gasteiger partial charge in [-0.2, -0.15) is 0 Å². The van der Waals surface area contributed by atoms with E-state index in [1.54, 1.807) is 7.11 Å². The molecule has 122 valence electrons. The maximum Gasteiger partial charge on any atom is 0.242 e. The summed E-state index contributed by atoms with van der Waals surface area (Å²) in [6, 6.07) is -0.464. The highest BCUT2D eigenvalue weighted by molar-refractivity contribution is 5.88. The van der Waals surface area contributed by atoms with Crippen molar-refractivity contribution in [3.63, 3.8) is 0 Å². The number of nitrogens with one attached hydrogen (secondary N) is 2. The van der Waals surface area contributed by atoms with Crippen molar-refractivity contribution in [2.24, 2.45) is 17.8 Å². The Kier molecular flexibility index (Phi) is 7.72. The van der Waals surface area contributed by atoms with Crippen molar-refractivity contribution in [1.82, 2.24) is 10.6 Å². The zero-order valence-electron chi connectivity index (χ0n) is 13.8. The molecule has 1 saturated carbocycles. The zero-order chi connectivity index (χ0) is 15.8. The molecule has 1 rings (SSSR count). The minimum Gasteiger partial charge on any atom is -0.383 e. The maximum absolute atomic E-state index is 12.3. The van der Waals surface area contributed by atoms with Crippen LogP contribution in [0.25, 0.3) is 0 Å². The number of hydrogen-bond acceptors (Lipinski definition) is 3. The Bertz CT molecular complexity index is 336. The number of carbonyl (C=O) groups is 2. The molecule has 0 spiro atoms. The van der Waals surface area contributed by atoms with E-state index in [9.17, 15) is 9.59 Å². The van der Waals surface area contributed by atoms with Gasteiger partial charge in [0.25, 0.3) is 0 Å². The van der Waals surface area contributed by atoms with Crippen molar-refractivity contribution in [1.29, 1.82) is 0 Å². The smallest absolute Gasteiger partial charge is 0.242 e. The molecule has 0 unspecified atom stereocenters. The van der Waals surface area contributed by atoms with Gasteiger partial charge in [-0.25, -0.2) is 0 Å². The van der Waals surface area contributed by atoms with E-state index in [1.807, 2.05) is 13.8 Å². The number of ether oxygens (including phenoxy) is 1. The van der Waals surface area contributed by atoms with E-state index in [0.717, 1.165) is 25.7 Å². The molecule has 2 N–H and O–H groups in total. The molecular weight excluding hydrogens is 268 g/mol. The molecule has 0 radical (unpaired) electrons. The molecule has 1 aliphatic rings. The van der Waals surface area contributed by atoms with Crippen LogP contribution in [-0.2, 0) is 14.3 Å². The summed E-state index contributed by atoms with van der Waals surface area (Å²) in [5.74, 6) is 0.752. The second-order valence-electron chi connectivity index (χ2n) is 6.47. The second kappa shape index (κ2) is 9.03. The normalized spacial score (nSPS) is 23.7. The molecule has 5 heteroatoms. The number of carbonyl (C=O) groups excluding carboxylic acids is 2. The highest BCUT2D eigenvalue weighted by atomic mass is 16.5. The van der Waals surface area contributed by atoms with Crippen LogP contribution in [0.2, 0.25) is 0 Å². The van der Waals surface area contributed by atoms with Crippen LogP contribution < -0.4 is 10.6 Å². The molecule has 0 bridgehead atoms. The Morgan fingerprint density at radius 1 is 1.19 bits per heavy atom. The molecule has 1 fully saturated rings. The van der Waals surface area contributed by atoms with Gasteiger partial charge >= 0.3 is 0 Å². The lowest BCUT2D eigenvalue weighted by Crippen LogP contribution is -2.51. The summed E-state index contributed by atoms with van der Waals surface area (Å²) in [5, 5.41) is 5.74. The van der Waals surface area contributed by atoms with E-state index in [0.29, 0.717) is 19.1 Å². The van der Waals surface area contributed by atoms with Crippen LogP contribution >= 0.6 is 0 Å². The summed E-state index contributed by atoms with van der Waals surface area (Å²) in [4.78, 5) is 24.5. The topological polar surface area (TPSA) is 67.4 Å². The van der Waals surface area contributed by atoms with E-state index >= 15 is 0 Å². The van der Waals surface area contributed by atoms with Crippen molar-refractivity contribution in [3.05, 3.63) is 0 Å². The molecule has 5 nitrogen and oxygen atoms in total. The van der Waals surface area contributed by atoms with Crippen LogP contribution in [0.3, 0.4) is 0 Å². The predicted octanol–water partition coefficient (Wildman–Crippen LogP) is 1.72. The average molecular weight is 298 g/mol. The lowest BCUT2D eigenvalue weighted by Gasteiger charge is -2.28. The average Bonchev–Trinajstić information content (AvgIpc) is 2.45. The summed E-state index contributed by atoms with van der Waals surface area (Å²) in [5.41, 5.74) is 0. The predicted molar refractivity (Wildman–Crippen MR) is 82.8 cm³/mol. The first-order chi connectivity index (χ1) is 9.95. The van der Waals surface area contributed by atoms with Crippen LogP contribution in [-0.4, -0.2) is 38.1 Å². The SMILES string of the molecule is COCCNC(=O)[C@@H](NC(=O)C1CCC(C)CC1)C(C)C. The molecule has 0 aromatic carbocycles. The van der Waals surface area contributed by atoms with Crippen molar-refractivity contribution in [2.75, 3.05) is 20.3 Å². The monoisotopic (exact) mass is 298 g/mol. The first-order valence-electron chi connectivity index (χ1n) is 8.02. The molecule has 1 aliphatic carbocycles. The van der Waals surface area contributed by atoms with E-state index in [2.05, 4.69) is 17.6 Å². The fraction of sp³-hybridized carbons (Fsp3) is 0.875. The highest BCUT2D eigenvalue weighted by Crippen LogP contribution is 2.28. The lowest BCUT2D eigenvalue weighted by molar-refractivity contribution is -0.132. The summed E-state index contributed by atoms with van der Waals surface area (Å²) in [7, 11) is 1.60. The van der Waals surface area contributed by atoms with Gasteiger partial charge in [0.2, 0.25) is 11.8 Å². The minimum absolute atomic E-state index is 0.0301. The Balaban J connectivity index is 2.49. The van der Waals surface area contributed by atoms with Gasteiger partial charge in [0.15, 0.2) is 0 Å². The largest absolute Gasteiger partial charge is 0.383 e. The van der Waals surface area contributed by atoms with E-state index in [-0.39, 0.29) is 23.7 Å². The van der Waals surface area contributed by atoms with Gasteiger partial charge in [-0.15, -0.1) is 0 Å². The molecule has 2 amide bonds. The first kappa shape index (κ1) is 18.0. The number of methoxy groups -OCH3 is 1. The van der Waals surface area contributed by atoms with Crippen LogP contribution in [0.1, 0.15) is 46.5 Å². The maximum atomic E-state index is 12.3. The van der Waals surface area contributed by atoms with Gasteiger partial charge in [0.1, 0.15) is 6.04 Å². The quantitative estimate of drug-likeness (QED) is 0.703. The van der Waals surface area contributed by atoms with Gasteiger partial charge in [0, 0.05) is 19.6 Å². The summed E-state index contributed by atoms with van der Waals surface area (Å²) in [6.07, 6.45) is 4.07. The van der Waals surface area contributed by atoms with Crippen LogP contribution in [0.15, 0.2) is 0 Å². The van der Waals surface area contributed by atoms with Crippen molar-refractivity contribution < 1.29 is 14.3 Å². The number of amides is 2. The standard InChI is InChI=1S/C16H30N2O3/c1-11(2)14(16(20)17-9-10-21-4)18-15(19)13-7-5-12(3)6-8-13/h11-14H,5-10H2,1-4H3,(H,17,20)(H,18,19)/t12?,13?,14-/m0/s1. The molecule has 0 aromatic rings. The van der Waals surface area contributed by atoms with Crippen molar-refractivity contribution in [2.45, 2.75) is 52.5 Å². The molecule has 21 heavy (non-hydrogen) atoms. The van der Waals surface area contributed by atoms with Gasteiger partial charge in [-0.1, -0.05) is 20.8 Å². The van der Waals surface area contributed by atoms with Crippen molar-refractivity contribution >= 4 is 11.8 Å². The number of rotatable bonds is 7. The van der Waals surface area contributed by atoms with E-state index in [4.69, 9.17) is 4.74 Å². The first-order valence-corrected chi connectivity index (χ1v) is 8.02. The highest BCUT2D eigenvalue weighted by Gasteiger charge is 2.29. The third-order valence-electron chi connectivity index (χ3n) is 4.24. The Morgan fingerprint density at radius 2 is 1.81 bits per heavy atom. The Morgan fingerprint density at radius 3 is 2.33 bits per heavy atom. The molecule has 0 aromatic heterocycles. The summed E-state index contributed by atoms with van der Waals surface area (Å²) >= 11 is 0.